The predicted octanol–water partition coefficient (Wildman–Crippen LogP) is 3.97. The van der Waals surface area contributed by atoms with Gasteiger partial charge in [-0.25, -0.2) is 14.4 Å². The lowest BCUT2D eigenvalue weighted by molar-refractivity contribution is 0.386. The van der Waals surface area contributed by atoms with Gasteiger partial charge in [0.05, 0.1) is 13.7 Å². The molecule has 25 heavy (non-hydrogen) atoms. The Morgan fingerprint density at radius 3 is 2.88 bits per heavy atom. The topological polar surface area (TPSA) is 59.4 Å². The summed E-state index contributed by atoms with van der Waals surface area (Å²) in [6.07, 6.45) is 3.51. The van der Waals surface area contributed by atoms with Gasteiger partial charge < -0.3 is 10.1 Å². The van der Waals surface area contributed by atoms with Crippen molar-refractivity contribution in [2.75, 3.05) is 12.4 Å². The van der Waals surface area contributed by atoms with Crippen molar-refractivity contribution in [3.05, 3.63) is 65.6 Å². The molecule has 0 radical (unpaired) electrons. The Morgan fingerprint density at radius 1 is 1.12 bits per heavy atom. The van der Waals surface area contributed by atoms with E-state index in [4.69, 9.17) is 4.74 Å². The first kappa shape index (κ1) is 15.3. The van der Waals surface area contributed by atoms with Crippen molar-refractivity contribution in [1.82, 2.24) is 9.97 Å². The zero-order chi connectivity index (χ0) is 17.2. The van der Waals surface area contributed by atoms with E-state index >= 15 is 0 Å². The van der Waals surface area contributed by atoms with Crippen molar-refractivity contribution in [1.29, 1.82) is 0 Å². The standard InChI is InChI=1S/C19H15FN4O/c1-25-17-5-3-12(9-16(17)20)19-22-7-6-18(24-19)23-15-4-2-13-10-21-11-14(13)8-15/h2-9,11H,10H2,1H3,(H,22,23,24). The Hall–Kier alpha value is -3.28. The number of fused-ring (bicyclic) bond motifs is 1. The largest absolute Gasteiger partial charge is 0.494 e. The van der Waals surface area contributed by atoms with Crippen molar-refractivity contribution >= 4 is 17.7 Å². The number of benzene rings is 2. The zero-order valence-corrected chi connectivity index (χ0v) is 13.5. The van der Waals surface area contributed by atoms with E-state index in [0.29, 0.717) is 17.2 Å². The van der Waals surface area contributed by atoms with Crippen LogP contribution in [0.4, 0.5) is 15.9 Å². The molecule has 6 heteroatoms. The monoisotopic (exact) mass is 334 g/mol. The highest BCUT2D eigenvalue weighted by Gasteiger charge is 2.10. The molecular weight excluding hydrogens is 319 g/mol. The maximum atomic E-state index is 13.9. The number of halogens is 1. The van der Waals surface area contributed by atoms with Crippen LogP contribution in [0, 0.1) is 5.82 Å². The molecule has 0 saturated carbocycles. The second-order valence-electron chi connectivity index (χ2n) is 5.62. The van der Waals surface area contributed by atoms with E-state index in [1.807, 2.05) is 24.4 Å². The van der Waals surface area contributed by atoms with E-state index in [0.717, 1.165) is 17.8 Å². The minimum Gasteiger partial charge on any atom is -0.494 e. The third kappa shape index (κ3) is 3.06. The molecule has 0 spiro atoms. The third-order valence-corrected chi connectivity index (χ3v) is 3.98. The summed E-state index contributed by atoms with van der Waals surface area (Å²) in [5.74, 6) is 0.822. The number of nitrogens with zero attached hydrogens (tertiary/aromatic N) is 3. The van der Waals surface area contributed by atoms with E-state index in [2.05, 4.69) is 20.3 Å². The lowest BCUT2D eigenvalue weighted by atomic mass is 10.1. The van der Waals surface area contributed by atoms with Gasteiger partial charge in [-0.15, -0.1) is 0 Å². The predicted molar refractivity (Wildman–Crippen MR) is 95.0 cm³/mol. The summed E-state index contributed by atoms with van der Waals surface area (Å²) in [7, 11) is 1.43. The minimum absolute atomic E-state index is 0.192. The molecule has 3 aromatic rings. The summed E-state index contributed by atoms with van der Waals surface area (Å²) in [6, 6.07) is 12.5. The van der Waals surface area contributed by atoms with Crippen molar-refractivity contribution in [2.45, 2.75) is 6.54 Å². The summed E-state index contributed by atoms with van der Waals surface area (Å²) >= 11 is 0. The molecule has 1 aliphatic rings. The highest BCUT2D eigenvalue weighted by atomic mass is 19.1. The smallest absolute Gasteiger partial charge is 0.165 e. The number of methoxy groups -OCH3 is 1. The second kappa shape index (κ2) is 6.32. The zero-order valence-electron chi connectivity index (χ0n) is 13.5. The molecule has 0 aliphatic carbocycles. The number of rotatable bonds is 4. The van der Waals surface area contributed by atoms with Gasteiger partial charge in [0.25, 0.3) is 0 Å². The van der Waals surface area contributed by atoms with Gasteiger partial charge in [-0.05, 0) is 47.5 Å². The van der Waals surface area contributed by atoms with Crippen molar-refractivity contribution in [3.8, 4) is 17.1 Å². The van der Waals surface area contributed by atoms with E-state index < -0.39 is 5.82 Å². The maximum Gasteiger partial charge on any atom is 0.165 e. The summed E-state index contributed by atoms with van der Waals surface area (Å²) in [5.41, 5.74) is 3.82. The van der Waals surface area contributed by atoms with Crippen LogP contribution in [0.1, 0.15) is 11.1 Å². The molecule has 0 amide bonds. The van der Waals surface area contributed by atoms with Gasteiger partial charge in [-0.1, -0.05) is 6.07 Å². The van der Waals surface area contributed by atoms with Crippen LogP contribution in [0.15, 0.2) is 53.7 Å². The fourth-order valence-corrected chi connectivity index (χ4v) is 2.70. The van der Waals surface area contributed by atoms with Gasteiger partial charge >= 0.3 is 0 Å². The molecule has 5 nitrogen and oxygen atoms in total. The average molecular weight is 334 g/mol. The number of anilines is 2. The van der Waals surface area contributed by atoms with Crippen LogP contribution in [0.25, 0.3) is 11.4 Å². The fraction of sp³-hybridized carbons (Fsp3) is 0.105. The Bertz CT molecular complexity index is 971. The molecule has 1 aromatic heterocycles. The second-order valence-corrected chi connectivity index (χ2v) is 5.62. The van der Waals surface area contributed by atoms with E-state index in [9.17, 15) is 4.39 Å². The van der Waals surface area contributed by atoms with Crippen LogP contribution in [-0.4, -0.2) is 23.3 Å². The van der Waals surface area contributed by atoms with Crippen LogP contribution >= 0.6 is 0 Å². The van der Waals surface area contributed by atoms with E-state index in [1.54, 1.807) is 24.4 Å². The molecule has 0 atom stereocenters. The fourth-order valence-electron chi connectivity index (χ4n) is 2.70. The number of hydrogen-bond donors (Lipinski definition) is 1. The number of aliphatic imine (C=N–C) groups is 1. The lowest BCUT2D eigenvalue weighted by Crippen LogP contribution is -1.98. The normalized spacial score (nSPS) is 12.1. The molecule has 2 aromatic carbocycles. The first-order valence-corrected chi connectivity index (χ1v) is 7.80. The molecule has 0 unspecified atom stereocenters. The van der Waals surface area contributed by atoms with Crippen molar-refractivity contribution in [2.24, 2.45) is 4.99 Å². The number of ether oxygens (including phenoxy) is 1. The van der Waals surface area contributed by atoms with Crippen LogP contribution in [0.3, 0.4) is 0 Å². The number of nitrogens with one attached hydrogen (secondary N) is 1. The molecule has 1 aliphatic heterocycles. The molecule has 124 valence electrons. The summed E-state index contributed by atoms with van der Waals surface area (Å²) in [5, 5.41) is 3.25. The van der Waals surface area contributed by atoms with E-state index in [-0.39, 0.29) is 5.75 Å². The van der Waals surface area contributed by atoms with Gasteiger partial charge in [-0.3, -0.25) is 4.99 Å². The average Bonchev–Trinajstić information content (AvgIpc) is 3.09. The molecule has 1 N–H and O–H groups in total. The molecule has 2 heterocycles. The highest BCUT2D eigenvalue weighted by Crippen LogP contribution is 2.25. The van der Waals surface area contributed by atoms with Gasteiger partial charge in [0, 0.05) is 23.7 Å². The highest BCUT2D eigenvalue weighted by molar-refractivity contribution is 5.86. The lowest BCUT2D eigenvalue weighted by Gasteiger charge is -2.09. The maximum absolute atomic E-state index is 13.9. The Kier molecular flexibility index (Phi) is 3.85. The molecular formula is C19H15FN4O. The van der Waals surface area contributed by atoms with Crippen molar-refractivity contribution < 1.29 is 9.13 Å². The molecule has 0 bridgehead atoms. The van der Waals surface area contributed by atoms with Crippen LogP contribution in [-0.2, 0) is 6.54 Å². The van der Waals surface area contributed by atoms with Gasteiger partial charge in [0.15, 0.2) is 17.4 Å². The minimum atomic E-state index is -0.445. The Labute approximate surface area is 144 Å². The van der Waals surface area contributed by atoms with Gasteiger partial charge in [0.2, 0.25) is 0 Å². The summed E-state index contributed by atoms with van der Waals surface area (Å²) in [4.78, 5) is 12.9. The third-order valence-electron chi connectivity index (χ3n) is 3.98. The van der Waals surface area contributed by atoms with E-state index in [1.165, 1.54) is 18.7 Å². The Morgan fingerprint density at radius 2 is 2.04 bits per heavy atom. The first-order chi connectivity index (χ1) is 12.2. The Balaban J connectivity index is 1.61. The van der Waals surface area contributed by atoms with Gasteiger partial charge in [0.1, 0.15) is 5.82 Å². The van der Waals surface area contributed by atoms with Crippen LogP contribution < -0.4 is 10.1 Å². The number of aromatic nitrogens is 2. The SMILES string of the molecule is COc1ccc(-c2nccc(Nc3ccc4c(c3)C=NC4)n2)cc1F. The van der Waals surface area contributed by atoms with Crippen molar-refractivity contribution in [3.63, 3.8) is 0 Å². The van der Waals surface area contributed by atoms with Gasteiger partial charge in [-0.2, -0.15) is 0 Å². The first-order valence-electron chi connectivity index (χ1n) is 7.80. The number of hydrogen-bond acceptors (Lipinski definition) is 5. The van der Waals surface area contributed by atoms with Crippen LogP contribution in [0.5, 0.6) is 5.75 Å². The molecule has 0 saturated heterocycles. The molecule has 0 fully saturated rings. The van der Waals surface area contributed by atoms with Crippen LogP contribution in [0.2, 0.25) is 0 Å². The quantitative estimate of drug-likeness (QED) is 0.784. The summed E-state index contributed by atoms with van der Waals surface area (Å²) < 4.78 is 18.8. The molecule has 4 rings (SSSR count). The summed E-state index contributed by atoms with van der Waals surface area (Å²) in [6.45, 7) is 0.732.